The summed E-state index contributed by atoms with van der Waals surface area (Å²) >= 11 is 0. The second-order valence-corrected chi connectivity index (χ2v) is 8.78. The first-order chi connectivity index (χ1) is 17.2. The number of rotatable bonds is 8. The van der Waals surface area contributed by atoms with Crippen molar-refractivity contribution < 1.29 is 27.2 Å². The minimum atomic E-state index is -4.22. The highest BCUT2D eigenvalue weighted by Crippen LogP contribution is 2.52. The van der Waals surface area contributed by atoms with Gasteiger partial charge < -0.3 is 24.8 Å². The molecule has 2 N–H and O–H groups in total. The van der Waals surface area contributed by atoms with Crippen LogP contribution in [0.4, 0.5) is 30.8 Å². The molecule has 1 aliphatic carbocycles. The van der Waals surface area contributed by atoms with Gasteiger partial charge in [0.2, 0.25) is 23.5 Å². The van der Waals surface area contributed by atoms with Crippen LogP contribution in [0.25, 0.3) is 11.6 Å². The van der Waals surface area contributed by atoms with Crippen molar-refractivity contribution in [3.8, 4) is 11.6 Å². The highest BCUT2D eigenvalue weighted by Gasteiger charge is 2.57. The summed E-state index contributed by atoms with van der Waals surface area (Å²) < 4.78 is 47.0. The van der Waals surface area contributed by atoms with E-state index in [0.717, 1.165) is 5.69 Å². The van der Waals surface area contributed by atoms with Gasteiger partial charge in [-0.1, -0.05) is 23.4 Å². The maximum absolute atomic E-state index is 12.8. The van der Waals surface area contributed by atoms with Crippen molar-refractivity contribution in [3.05, 3.63) is 36.2 Å². The van der Waals surface area contributed by atoms with E-state index in [0.29, 0.717) is 13.1 Å². The molecule has 5 rings (SSSR count). The Balaban J connectivity index is 1.19. The summed E-state index contributed by atoms with van der Waals surface area (Å²) in [6.45, 7) is 0.828. The molecule has 1 amide bonds. The van der Waals surface area contributed by atoms with Gasteiger partial charge in [0.15, 0.2) is 0 Å². The molecule has 11 nitrogen and oxygen atoms in total. The molecule has 190 valence electrons. The molecule has 1 aliphatic heterocycles. The maximum Gasteiger partial charge on any atom is 0.391 e. The number of piperidine rings is 1. The third-order valence-corrected chi connectivity index (χ3v) is 6.39. The fourth-order valence-corrected chi connectivity index (χ4v) is 4.40. The molecule has 0 spiro atoms. The van der Waals surface area contributed by atoms with Gasteiger partial charge in [0, 0.05) is 25.8 Å². The van der Waals surface area contributed by atoms with Crippen molar-refractivity contribution in [1.29, 1.82) is 0 Å². The number of benzene rings is 1. The Labute approximate surface area is 203 Å². The fraction of sp³-hybridized carbons (Fsp3) is 0.455. The van der Waals surface area contributed by atoms with Crippen LogP contribution in [0.5, 0.6) is 0 Å². The highest BCUT2D eigenvalue weighted by molar-refractivity contribution is 5.90. The van der Waals surface area contributed by atoms with E-state index < -0.39 is 18.5 Å². The predicted molar refractivity (Wildman–Crippen MR) is 120 cm³/mol. The zero-order chi connectivity index (χ0) is 25.4. The number of nitrogens with two attached hydrogens (primary N) is 1. The Bertz CT molecular complexity index is 1230. The molecule has 2 aliphatic rings. The fourth-order valence-electron chi connectivity index (χ4n) is 4.40. The van der Waals surface area contributed by atoms with E-state index >= 15 is 0 Å². The van der Waals surface area contributed by atoms with Crippen LogP contribution in [0.1, 0.15) is 17.1 Å². The number of amides is 1. The van der Waals surface area contributed by atoms with Crippen molar-refractivity contribution in [3.63, 3.8) is 0 Å². The number of carbonyl (C=O) groups is 1. The molecule has 14 heteroatoms. The molecule has 0 unspecified atom stereocenters. The number of aromatic nitrogens is 5. The average Bonchev–Trinajstić information content (AvgIpc) is 3.22. The first-order valence-electron chi connectivity index (χ1n) is 11.3. The molecule has 1 saturated carbocycles. The molecule has 1 aromatic carbocycles. The van der Waals surface area contributed by atoms with E-state index in [1.165, 1.54) is 0 Å². The number of anilines is 3. The third kappa shape index (κ3) is 5.08. The molecule has 0 bridgehead atoms. The number of hydrogen-bond donors (Lipinski definition) is 1. The van der Waals surface area contributed by atoms with Gasteiger partial charge in [-0.2, -0.15) is 33.1 Å². The SMILES string of the molecule is CN(c1ccccc1)c1nc(N)nc(-c2noc(C(=O)N3C[C@@H]4[C@@H](COCCC(F)(F)F)[C@@H]4C3)n2)n1. The van der Waals surface area contributed by atoms with E-state index in [1.807, 2.05) is 30.3 Å². The number of para-hydroxylation sites is 1. The number of ether oxygens (including phenoxy) is 1. The first kappa shape index (κ1) is 23.9. The van der Waals surface area contributed by atoms with E-state index in [9.17, 15) is 18.0 Å². The molecular formula is C22H23F3N8O3. The molecular weight excluding hydrogens is 481 g/mol. The van der Waals surface area contributed by atoms with Gasteiger partial charge in [-0.25, -0.2) is 0 Å². The van der Waals surface area contributed by atoms with E-state index in [1.54, 1.807) is 16.8 Å². The summed E-state index contributed by atoms with van der Waals surface area (Å²) in [5, 5.41) is 3.84. The van der Waals surface area contributed by atoms with E-state index in [4.69, 9.17) is 15.0 Å². The number of nitrogen functional groups attached to an aromatic ring is 1. The number of fused-ring (bicyclic) bond motifs is 1. The van der Waals surface area contributed by atoms with Crippen LogP contribution < -0.4 is 10.6 Å². The summed E-state index contributed by atoms with van der Waals surface area (Å²) in [6.07, 6.45) is -5.19. The largest absolute Gasteiger partial charge is 0.391 e. The number of likely N-dealkylation sites (tertiary alicyclic amines) is 1. The maximum atomic E-state index is 12.8. The zero-order valence-corrected chi connectivity index (χ0v) is 19.2. The predicted octanol–water partition coefficient (Wildman–Crippen LogP) is 2.56. The van der Waals surface area contributed by atoms with Gasteiger partial charge in [0.25, 0.3) is 0 Å². The van der Waals surface area contributed by atoms with Gasteiger partial charge in [0.1, 0.15) is 0 Å². The number of carbonyl (C=O) groups excluding carboxylic acids is 1. The molecule has 3 atom stereocenters. The van der Waals surface area contributed by atoms with Crippen LogP contribution in [0.3, 0.4) is 0 Å². The van der Waals surface area contributed by atoms with Gasteiger partial charge >= 0.3 is 18.0 Å². The topological polar surface area (TPSA) is 136 Å². The van der Waals surface area contributed by atoms with Crippen LogP contribution in [0.15, 0.2) is 34.9 Å². The number of hydrogen-bond acceptors (Lipinski definition) is 10. The van der Waals surface area contributed by atoms with Crippen LogP contribution in [-0.2, 0) is 4.74 Å². The van der Waals surface area contributed by atoms with Crippen molar-refractivity contribution in [2.75, 3.05) is 44.0 Å². The van der Waals surface area contributed by atoms with E-state index in [-0.39, 0.29) is 60.4 Å². The van der Waals surface area contributed by atoms with Crippen LogP contribution in [-0.4, -0.2) is 75.4 Å². The monoisotopic (exact) mass is 504 g/mol. The summed E-state index contributed by atoms with van der Waals surface area (Å²) in [4.78, 5) is 32.9. The lowest BCUT2D eigenvalue weighted by Crippen LogP contribution is -2.32. The lowest BCUT2D eigenvalue weighted by molar-refractivity contribution is -0.145. The van der Waals surface area contributed by atoms with Gasteiger partial charge in [-0.05, 0) is 29.9 Å². The second-order valence-electron chi connectivity index (χ2n) is 8.78. The minimum Gasteiger partial charge on any atom is -0.381 e. The smallest absolute Gasteiger partial charge is 0.381 e. The standard InChI is InChI=1S/C22H23F3N8O3/c1-32(12-5-3-2-4-6-12)21-29-16(28-20(26)30-21)17-27-18(36-31-17)19(34)33-9-13-14(10-33)15(13)11-35-8-7-22(23,24)25/h2-6,13-15H,7-11H2,1H3,(H2,26,28,29,30)/t13-,14+,15+. The van der Waals surface area contributed by atoms with Gasteiger partial charge in [-0.15, -0.1) is 0 Å². The normalized spacial score (nSPS) is 20.9. The second kappa shape index (κ2) is 9.33. The molecule has 2 fully saturated rings. The van der Waals surface area contributed by atoms with Gasteiger partial charge in [-0.3, -0.25) is 4.79 Å². The summed E-state index contributed by atoms with van der Waals surface area (Å²) in [7, 11) is 1.77. The Morgan fingerprint density at radius 1 is 1.14 bits per heavy atom. The van der Waals surface area contributed by atoms with Gasteiger partial charge in [0.05, 0.1) is 19.6 Å². The Hall–Kier alpha value is -3.81. The molecule has 3 aromatic rings. The van der Waals surface area contributed by atoms with Crippen LogP contribution >= 0.6 is 0 Å². The molecule has 1 saturated heterocycles. The van der Waals surface area contributed by atoms with Crippen molar-refractivity contribution >= 4 is 23.5 Å². The number of nitrogens with zero attached hydrogens (tertiary/aromatic N) is 7. The van der Waals surface area contributed by atoms with Crippen molar-refractivity contribution in [1.82, 2.24) is 30.0 Å². The Kier molecular flexibility index (Phi) is 6.20. The number of halogens is 3. The van der Waals surface area contributed by atoms with Crippen molar-refractivity contribution in [2.24, 2.45) is 17.8 Å². The third-order valence-electron chi connectivity index (χ3n) is 6.39. The molecule has 3 heterocycles. The minimum absolute atomic E-state index is 0.00420. The van der Waals surface area contributed by atoms with E-state index in [2.05, 4.69) is 25.1 Å². The Morgan fingerprint density at radius 2 is 1.86 bits per heavy atom. The molecule has 2 aromatic heterocycles. The van der Waals surface area contributed by atoms with Crippen LogP contribution in [0, 0.1) is 17.8 Å². The summed E-state index contributed by atoms with van der Waals surface area (Å²) in [5.41, 5.74) is 6.69. The molecule has 36 heavy (non-hydrogen) atoms. The Morgan fingerprint density at radius 3 is 2.56 bits per heavy atom. The summed E-state index contributed by atoms with van der Waals surface area (Å²) in [5.74, 6) is 0.196. The first-order valence-corrected chi connectivity index (χ1v) is 11.3. The lowest BCUT2D eigenvalue weighted by Gasteiger charge is -2.17. The molecule has 0 radical (unpaired) electrons. The van der Waals surface area contributed by atoms with Crippen molar-refractivity contribution in [2.45, 2.75) is 12.6 Å². The van der Waals surface area contributed by atoms with Crippen LogP contribution in [0.2, 0.25) is 0 Å². The quantitative estimate of drug-likeness (QED) is 0.456. The highest BCUT2D eigenvalue weighted by atomic mass is 19.4. The average molecular weight is 504 g/mol. The zero-order valence-electron chi connectivity index (χ0n) is 19.2. The lowest BCUT2D eigenvalue weighted by atomic mass is 10.2. The number of alkyl halides is 3. The summed E-state index contributed by atoms with van der Waals surface area (Å²) in [6, 6.07) is 9.40.